The Labute approximate surface area is 85.9 Å². The Morgan fingerprint density at radius 1 is 1.29 bits per heavy atom. The molecule has 1 heterocycles. The van der Waals surface area contributed by atoms with Crippen molar-refractivity contribution in [1.82, 2.24) is 9.78 Å². The molecule has 1 aromatic carbocycles. The average Bonchev–Trinajstić information content (AvgIpc) is 2.47. The quantitative estimate of drug-likeness (QED) is 0.766. The number of nitrogens with one attached hydrogen (secondary N) is 1. The zero-order valence-electron chi connectivity index (χ0n) is 7.62. The molecule has 2 rings (SSSR count). The van der Waals surface area contributed by atoms with Crippen LogP contribution in [0.2, 0.25) is 5.02 Å². The lowest BCUT2D eigenvalue weighted by Crippen LogP contribution is -2.14. The predicted molar refractivity (Wildman–Crippen MR) is 56.1 cm³/mol. The zero-order valence-corrected chi connectivity index (χ0v) is 8.38. The molecule has 72 valence electrons. The van der Waals surface area contributed by atoms with E-state index in [1.807, 2.05) is 30.3 Å². The molecule has 2 aromatic rings. The van der Waals surface area contributed by atoms with Crippen LogP contribution in [0, 0.1) is 6.92 Å². The number of benzene rings is 1. The first-order valence-electron chi connectivity index (χ1n) is 4.22. The molecule has 0 radical (unpaired) electrons. The SMILES string of the molecule is Cc1[nH]n(-c2ccccc2)c(=O)c1Cl. The lowest BCUT2D eigenvalue weighted by molar-refractivity contribution is 0.835. The Morgan fingerprint density at radius 2 is 1.93 bits per heavy atom. The number of rotatable bonds is 1. The molecule has 0 saturated heterocycles. The number of hydrogen-bond acceptors (Lipinski definition) is 1. The van der Waals surface area contributed by atoms with Crippen LogP contribution in [0.1, 0.15) is 5.69 Å². The topological polar surface area (TPSA) is 37.8 Å². The number of aromatic amines is 1. The molecule has 4 heteroatoms. The first-order chi connectivity index (χ1) is 6.70. The summed E-state index contributed by atoms with van der Waals surface area (Å²) in [5.74, 6) is 0. The van der Waals surface area contributed by atoms with Gasteiger partial charge in [-0.05, 0) is 19.1 Å². The van der Waals surface area contributed by atoms with E-state index in [4.69, 9.17) is 11.6 Å². The fourth-order valence-corrected chi connectivity index (χ4v) is 1.41. The molecule has 0 amide bonds. The van der Waals surface area contributed by atoms with Gasteiger partial charge in [-0.3, -0.25) is 9.89 Å². The number of hydrogen-bond donors (Lipinski definition) is 1. The maximum Gasteiger partial charge on any atom is 0.290 e. The van der Waals surface area contributed by atoms with E-state index in [0.717, 1.165) is 5.69 Å². The second-order valence-electron chi connectivity index (χ2n) is 3.03. The molecule has 14 heavy (non-hydrogen) atoms. The fraction of sp³-hybridized carbons (Fsp3) is 0.100. The largest absolute Gasteiger partial charge is 0.294 e. The predicted octanol–water partition coefficient (Wildman–Crippen LogP) is 2.13. The monoisotopic (exact) mass is 208 g/mol. The number of H-pyrrole nitrogens is 1. The number of halogens is 1. The third kappa shape index (κ3) is 1.36. The first kappa shape index (κ1) is 9.09. The Balaban J connectivity index is 2.64. The Hall–Kier alpha value is -1.48. The number of aryl methyl sites for hydroxylation is 1. The number of nitrogens with zero attached hydrogens (tertiary/aromatic N) is 1. The van der Waals surface area contributed by atoms with E-state index in [1.54, 1.807) is 6.92 Å². The second kappa shape index (κ2) is 3.35. The molecule has 0 aliphatic rings. The van der Waals surface area contributed by atoms with Crippen LogP contribution >= 0.6 is 11.6 Å². The summed E-state index contributed by atoms with van der Waals surface area (Å²) in [6.07, 6.45) is 0. The van der Waals surface area contributed by atoms with Gasteiger partial charge in [-0.1, -0.05) is 29.8 Å². The van der Waals surface area contributed by atoms with Gasteiger partial charge in [0.2, 0.25) is 0 Å². The molecule has 1 N–H and O–H groups in total. The van der Waals surface area contributed by atoms with E-state index in [-0.39, 0.29) is 10.6 Å². The first-order valence-corrected chi connectivity index (χ1v) is 4.60. The summed E-state index contributed by atoms with van der Waals surface area (Å²) in [6.45, 7) is 1.77. The summed E-state index contributed by atoms with van der Waals surface area (Å²) in [5, 5.41) is 3.15. The standard InChI is InChI=1S/C10H9ClN2O/c1-7-9(11)10(14)13(12-7)8-5-3-2-4-6-8/h2-6,12H,1H3. The highest BCUT2D eigenvalue weighted by Crippen LogP contribution is 2.09. The van der Waals surface area contributed by atoms with Gasteiger partial charge in [0.1, 0.15) is 5.02 Å². The zero-order chi connectivity index (χ0) is 10.1. The summed E-state index contributed by atoms with van der Waals surface area (Å²) in [6, 6.07) is 9.31. The van der Waals surface area contributed by atoms with Gasteiger partial charge in [-0.15, -0.1) is 0 Å². The summed E-state index contributed by atoms with van der Waals surface area (Å²) < 4.78 is 1.43. The highest BCUT2D eigenvalue weighted by Gasteiger charge is 2.08. The lowest BCUT2D eigenvalue weighted by Gasteiger charge is -1.99. The van der Waals surface area contributed by atoms with Crippen molar-refractivity contribution in [3.63, 3.8) is 0 Å². The van der Waals surface area contributed by atoms with Gasteiger partial charge < -0.3 is 0 Å². The third-order valence-corrected chi connectivity index (χ3v) is 2.46. The van der Waals surface area contributed by atoms with Crippen LogP contribution in [-0.2, 0) is 0 Å². The summed E-state index contributed by atoms with van der Waals surface area (Å²) >= 11 is 5.78. The summed E-state index contributed by atoms with van der Waals surface area (Å²) in [5.41, 5.74) is 1.25. The van der Waals surface area contributed by atoms with Crippen LogP contribution in [0.25, 0.3) is 5.69 Å². The van der Waals surface area contributed by atoms with Gasteiger partial charge in [0, 0.05) is 0 Å². The Morgan fingerprint density at radius 3 is 2.43 bits per heavy atom. The van der Waals surface area contributed by atoms with E-state index in [1.165, 1.54) is 4.68 Å². The maximum atomic E-state index is 11.6. The van der Waals surface area contributed by atoms with E-state index < -0.39 is 0 Å². The van der Waals surface area contributed by atoms with Crippen LogP contribution in [0.3, 0.4) is 0 Å². The van der Waals surface area contributed by atoms with Crippen molar-refractivity contribution < 1.29 is 0 Å². The van der Waals surface area contributed by atoms with Gasteiger partial charge in [-0.25, -0.2) is 4.68 Å². The molecule has 0 fully saturated rings. The van der Waals surface area contributed by atoms with Crippen LogP contribution in [0.15, 0.2) is 35.1 Å². The van der Waals surface area contributed by atoms with E-state index in [0.29, 0.717) is 5.69 Å². The summed E-state index contributed by atoms with van der Waals surface area (Å²) in [4.78, 5) is 11.6. The molecule has 0 atom stereocenters. The van der Waals surface area contributed by atoms with Gasteiger partial charge in [-0.2, -0.15) is 0 Å². The second-order valence-corrected chi connectivity index (χ2v) is 3.40. The van der Waals surface area contributed by atoms with Crippen molar-refractivity contribution in [2.24, 2.45) is 0 Å². The van der Waals surface area contributed by atoms with E-state index in [9.17, 15) is 4.79 Å². The minimum atomic E-state index is -0.213. The average molecular weight is 209 g/mol. The fourth-order valence-electron chi connectivity index (χ4n) is 1.28. The van der Waals surface area contributed by atoms with Crippen molar-refractivity contribution in [3.8, 4) is 5.69 Å². The van der Waals surface area contributed by atoms with Crippen molar-refractivity contribution in [2.75, 3.05) is 0 Å². The van der Waals surface area contributed by atoms with Crippen molar-refractivity contribution in [3.05, 3.63) is 51.4 Å². The Kier molecular flexibility index (Phi) is 2.17. The smallest absolute Gasteiger partial charge is 0.290 e. The lowest BCUT2D eigenvalue weighted by atomic mass is 10.3. The van der Waals surface area contributed by atoms with Gasteiger partial charge >= 0.3 is 0 Å². The third-order valence-electron chi connectivity index (χ3n) is 2.01. The number of para-hydroxylation sites is 1. The maximum absolute atomic E-state index is 11.6. The molecule has 0 aliphatic heterocycles. The van der Waals surface area contributed by atoms with E-state index in [2.05, 4.69) is 5.10 Å². The molecule has 3 nitrogen and oxygen atoms in total. The molecule has 0 unspecified atom stereocenters. The normalized spacial score (nSPS) is 10.4. The number of aromatic nitrogens is 2. The van der Waals surface area contributed by atoms with E-state index >= 15 is 0 Å². The minimum Gasteiger partial charge on any atom is -0.294 e. The van der Waals surface area contributed by atoms with Crippen LogP contribution in [0.4, 0.5) is 0 Å². The molecule has 0 aliphatic carbocycles. The molecule has 0 saturated carbocycles. The molecule has 0 spiro atoms. The van der Waals surface area contributed by atoms with Crippen molar-refractivity contribution in [1.29, 1.82) is 0 Å². The molecular weight excluding hydrogens is 200 g/mol. The minimum absolute atomic E-state index is 0.213. The van der Waals surface area contributed by atoms with Crippen molar-refractivity contribution in [2.45, 2.75) is 6.92 Å². The molecule has 1 aromatic heterocycles. The van der Waals surface area contributed by atoms with Crippen LogP contribution < -0.4 is 5.56 Å². The van der Waals surface area contributed by atoms with Gasteiger partial charge in [0.25, 0.3) is 5.56 Å². The van der Waals surface area contributed by atoms with Gasteiger partial charge in [0.15, 0.2) is 0 Å². The molecule has 0 bridgehead atoms. The van der Waals surface area contributed by atoms with Crippen molar-refractivity contribution >= 4 is 11.6 Å². The summed E-state index contributed by atoms with van der Waals surface area (Å²) in [7, 11) is 0. The highest BCUT2D eigenvalue weighted by molar-refractivity contribution is 6.31. The highest BCUT2D eigenvalue weighted by atomic mass is 35.5. The van der Waals surface area contributed by atoms with Crippen LogP contribution in [0.5, 0.6) is 0 Å². The molecular formula is C10H9ClN2O. The Bertz CT molecular complexity index is 499. The van der Waals surface area contributed by atoms with Crippen LogP contribution in [-0.4, -0.2) is 9.78 Å². The van der Waals surface area contributed by atoms with Gasteiger partial charge in [0.05, 0.1) is 11.4 Å².